The molecule has 0 atom stereocenters. The van der Waals surface area contributed by atoms with Crippen molar-refractivity contribution in [3.8, 4) is 17.1 Å². The van der Waals surface area contributed by atoms with Crippen LogP contribution in [0.2, 0.25) is 0 Å². The van der Waals surface area contributed by atoms with E-state index in [9.17, 15) is 0 Å². The fourth-order valence-corrected chi connectivity index (χ4v) is 3.18. The SMILES string of the molecule is [Ir].[c-]1ccccc1-c1cn2ccccc2n1.[c-]1nc2ccccc2n1-c1ccccn1. The van der Waals surface area contributed by atoms with Gasteiger partial charge < -0.3 is 14.0 Å². The first-order valence-electron chi connectivity index (χ1n) is 9.56. The maximum atomic E-state index is 4.51. The average Bonchev–Trinajstić information content (AvgIpc) is 3.45. The van der Waals surface area contributed by atoms with Crippen LogP contribution in [0.3, 0.4) is 0 Å². The Hall–Kier alpha value is -3.60. The number of para-hydroxylation sites is 2. The van der Waals surface area contributed by atoms with Crippen LogP contribution in [0.4, 0.5) is 0 Å². The quantitative estimate of drug-likeness (QED) is 0.271. The number of imidazole rings is 2. The molecule has 0 spiro atoms. The number of benzene rings is 2. The van der Waals surface area contributed by atoms with E-state index in [0.717, 1.165) is 33.8 Å². The van der Waals surface area contributed by atoms with E-state index in [1.807, 2.05) is 106 Å². The summed E-state index contributed by atoms with van der Waals surface area (Å²) < 4.78 is 3.87. The zero-order valence-corrected chi connectivity index (χ0v) is 18.8. The summed E-state index contributed by atoms with van der Waals surface area (Å²) >= 11 is 0. The van der Waals surface area contributed by atoms with Gasteiger partial charge in [0.2, 0.25) is 0 Å². The van der Waals surface area contributed by atoms with E-state index in [2.05, 4.69) is 27.3 Å². The van der Waals surface area contributed by atoms with E-state index < -0.39 is 0 Å². The fraction of sp³-hybridized carbons (Fsp3) is 0. The van der Waals surface area contributed by atoms with Crippen molar-refractivity contribution in [1.29, 1.82) is 0 Å². The Kier molecular flexibility index (Phi) is 6.31. The van der Waals surface area contributed by atoms with Crippen molar-refractivity contribution in [3.05, 3.63) is 116 Å². The molecule has 0 amide bonds. The molecule has 0 aliphatic carbocycles. The zero-order chi connectivity index (χ0) is 20.2. The van der Waals surface area contributed by atoms with Gasteiger partial charge in [-0.2, -0.15) is 0 Å². The summed E-state index contributed by atoms with van der Waals surface area (Å²) in [6, 6.07) is 30.7. The number of pyridine rings is 2. The Morgan fingerprint density at radius 2 is 1.65 bits per heavy atom. The molecule has 6 aromatic rings. The van der Waals surface area contributed by atoms with E-state index in [1.165, 1.54) is 0 Å². The summed E-state index contributed by atoms with van der Waals surface area (Å²) in [5.74, 6) is 0.839. The number of hydrogen-bond acceptors (Lipinski definition) is 3. The second kappa shape index (κ2) is 9.47. The Labute approximate surface area is 193 Å². The van der Waals surface area contributed by atoms with E-state index in [-0.39, 0.29) is 20.1 Å². The number of hydrogen-bond donors (Lipinski definition) is 0. The van der Waals surface area contributed by atoms with E-state index in [0.29, 0.717) is 0 Å². The summed E-state index contributed by atoms with van der Waals surface area (Å²) in [5, 5.41) is 0. The van der Waals surface area contributed by atoms with Crippen molar-refractivity contribution in [2.45, 2.75) is 0 Å². The first kappa shape index (κ1) is 20.7. The van der Waals surface area contributed by atoms with Gasteiger partial charge in [0.1, 0.15) is 5.65 Å². The fourth-order valence-electron chi connectivity index (χ4n) is 3.18. The molecule has 0 bridgehead atoms. The van der Waals surface area contributed by atoms with Gasteiger partial charge in [0, 0.05) is 44.5 Å². The minimum Gasteiger partial charge on any atom is -0.411 e. The predicted octanol–water partition coefficient (Wildman–Crippen LogP) is 5.02. The van der Waals surface area contributed by atoms with Gasteiger partial charge in [-0.1, -0.05) is 48.0 Å². The van der Waals surface area contributed by atoms with Crippen LogP contribution in [-0.4, -0.2) is 23.9 Å². The molecule has 153 valence electrons. The third-order valence-electron chi connectivity index (χ3n) is 4.62. The first-order valence-corrected chi connectivity index (χ1v) is 9.56. The number of aromatic nitrogens is 5. The zero-order valence-electron chi connectivity index (χ0n) is 16.4. The molecule has 0 aliphatic heterocycles. The van der Waals surface area contributed by atoms with Crippen LogP contribution in [0.5, 0.6) is 0 Å². The summed E-state index contributed by atoms with van der Waals surface area (Å²) in [6.07, 6.45) is 8.71. The molecule has 5 nitrogen and oxygen atoms in total. The Morgan fingerprint density at radius 3 is 2.45 bits per heavy atom. The van der Waals surface area contributed by atoms with Crippen LogP contribution in [0.1, 0.15) is 0 Å². The summed E-state index contributed by atoms with van der Waals surface area (Å²) in [6.45, 7) is 0. The molecule has 31 heavy (non-hydrogen) atoms. The smallest absolute Gasteiger partial charge is 0.126 e. The standard InChI is InChI=1S/C13H9N2.C12H8N3.Ir/c1-2-6-11(7-3-1)12-10-15-9-5-4-8-13(15)14-12;1-2-6-11-10(5-1)14-9-15(11)12-7-3-4-8-13-12;/h1-6,8-10H;1-8H;/q2*-1;. The summed E-state index contributed by atoms with van der Waals surface area (Å²) in [4.78, 5) is 13.0. The predicted molar refractivity (Wildman–Crippen MR) is 117 cm³/mol. The molecule has 0 unspecified atom stereocenters. The first-order chi connectivity index (χ1) is 14.9. The molecule has 2 aromatic carbocycles. The van der Waals surface area contributed by atoms with Gasteiger partial charge in [-0.25, -0.2) is 0 Å². The van der Waals surface area contributed by atoms with Crippen molar-refractivity contribution >= 4 is 16.7 Å². The van der Waals surface area contributed by atoms with Crippen LogP contribution >= 0.6 is 0 Å². The second-order valence-corrected chi connectivity index (χ2v) is 6.59. The summed E-state index contributed by atoms with van der Waals surface area (Å²) in [7, 11) is 0. The molecule has 6 rings (SSSR count). The van der Waals surface area contributed by atoms with Gasteiger partial charge in [0.15, 0.2) is 0 Å². The van der Waals surface area contributed by atoms with Crippen LogP contribution < -0.4 is 0 Å². The van der Waals surface area contributed by atoms with Gasteiger partial charge in [0.05, 0.1) is 5.82 Å². The van der Waals surface area contributed by atoms with Gasteiger partial charge in [0.25, 0.3) is 0 Å². The van der Waals surface area contributed by atoms with E-state index in [4.69, 9.17) is 0 Å². The minimum atomic E-state index is 0. The van der Waals surface area contributed by atoms with Crippen LogP contribution in [-0.2, 0) is 20.1 Å². The Bertz CT molecular complexity index is 1350. The summed E-state index contributed by atoms with van der Waals surface area (Å²) in [5.41, 5.74) is 4.91. The van der Waals surface area contributed by atoms with Crippen LogP contribution in [0, 0.1) is 12.4 Å². The van der Waals surface area contributed by atoms with Crippen LogP contribution in [0.25, 0.3) is 33.8 Å². The van der Waals surface area contributed by atoms with Crippen molar-refractivity contribution < 1.29 is 20.1 Å². The topological polar surface area (TPSA) is 48.0 Å². The molecule has 0 fully saturated rings. The normalized spacial score (nSPS) is 10.3. The third kappa shape index (κ3) is 4.45. The molecule has 0 saturated carbocycles. The van der Waals surface area contributed by atoms with Crippen molar-refractivity contribution in [2.75, 3.05) is 0 Å². The molecule has 6 heteroatoms. The van der Waals surface area contributed by atoms with Gasteiger partial charge in [-0.15, -0.1) is 35.9 Å². The van der Waals surface area contributed by atoms with Gasteiger partial charge in [-0.3, -0.25) is 9.97 Å². The Balaban J connectivity index is 0.000000144. The molecule has 0 N–H and O–H groups in total. The molecule has 4 aromatic heterocycles. The third-order valence-corrected chi connectivity index (χ3v) is 4.62. The molecule has 1 radical (unpaired) electrons. The van der Waals surface area contributed by atoms with Gasteiger partial charge in [-0.05, 0) is 29.9 Å². The van der Waals surface area contributed by atoms with Gasteiger partial charge >= 0.3 is 0 Å². The van der Waals surface area contributed by atoms with Crippen molar-refractivity contribution in [3.63, 3.8) is 0 Å². The molecular formula is C25H17IrN5-2. The van der Waals surface area contributed by atoms with Crippen molar-refractivity contribution in [2.24, 2.45) is 0 Å². The molecule has 0 saturated heterocycles. The number of fused-ring (bicyclic) bond motifs is 2. The largest absolute Gasteiger partial charge is 0.411 e. The monoisotopic (exact) mass is 580 g/mol. The molecule has 0 aliphatic rings. The molecule has 4 heterocycles. The minimum absolute atomic E-state index is 0. The second-order valence-electron chi connectivity index (χ2n) is 6.59. The maximum absolute atomic E-state index is 4.51. The van der Waals surface area contributed by atoms with Crippen LogP contribution in [0.15, 0.2) is 104 Å². The molecular weight excluding hydrogens is 563 g/mol. The number of nitrogens with zero attached hydrogens (tertiary/aromatic N) is 5. The maximum Gasteiger partial charge on any atom is 0.126 e. The van der Waals surface area contributed by atoms with Crippen molar-refractivity contribution in [1.82, 2.24) is 23.9 Å². The average molecular weight is 580 g/mol. The van der Waals surface area contributed by atoms with E-state index >= 15 is 0 Å². The Morgan fingerprint density at radius 1 is 0.806 bits per heavy atom. The number of rotatable bonds is 2. The van der Waals surface area contributed by atoms with E-state index in [1.54, 1.807) is 6.20 Å².